The molecule has 20 heavy (non-hydrogen) atoms. The molecule has 0 aliphatic heterocycles. The van der Waals surface area contributed by atoms with Crippen molar-refractivity contribution in [1.29, 1.82) is 0 Å². The Hall–Kier alpha value is -1.06. The predicted octanol–water partition coefficient (Wildman–Crippen LogP) is 2.90. The summed E-state index contributed by atoms with van der Waals surface area (Å²) in [5.74, 6) is 1.01. The summed E-state index contributed by atoms with van der Waals surface area (Å²) in [5.41, 5.74) is 1.39. The Kier molecular flexibility index (Phi) is 7.03. The second-order valence-electron chi connectivity index (χ2n) is 6.50. The molecule has 0 atom stereocenters. The van der Waals surface area contributed by atoms with E-state index in [1.54, 1.807) is 0 Å². The SMILES string of the molecule is CN(C)CCCNCCOc1ccccc1C(C)(C)C. The van der Waals surface area contributed by atoms with Crippen molar-refractivity contribution in [3.63, 3.8) is 0 Å². The van der Waals surface area contributed by atoms with Crippen LogP contribution in [0.2, 0.25) is 0 Å². The largest absolute Gasteiger partial charge is 0.492 e. The van der Waals surface area contributed by atoms with Gasteiger partial charge in [-0.05, 0) is 50.7 Å². The van der Waals surface area contributed by atoms with Gasteiger partial charge in [0, 0.05) is 6.54 Å². The third-order valence-corrected chi connectivity index (χ3v) is 3.19. The Labute approximate surface area is 124 Å². The normalized spacial score (nSPS) is 11.9. The van der Waals surface area contributed by atoms with Crippen molar-refractivity contribution in [3.05, 3.63) is 29.8 Å². The van der Waals surface area contributed by atoms with Crippen LogP contribution >= 0.6 is 0 Å². The van der Waals surface area contributed by atoms with Crippen LogP contribution in [0, 0.1) is 0 Å². The Morgan fingerprint density at radius 3 is 2.45 bits per heavy atom. The Morgan fingerprint density at radius 1 is 1.10 bits per heavy atom. The summed E-state index contributed by atoms with van der Waals surface area (Å²) >= 11 is 0. The number of rotatable bonds is 8. The van der Waals surface area contributed by atoms with Crippen LogP contribution in [-0.4, -0.2) is 45.2 Å². The van der Waals surface area contributed by atoms with E-state index < -0.39 is 0 Å². The zero-order valence-electron chi connectivity index (χ0n) is 13.7. The molecule has 0 saturated carbocycles. The van der Waals surface area contributed by atoms with Crippen molar-refractivity contribution in [3.8, 4) is 5.75 Å². The minimum atomic E-state index is 0.121. The zero-order chi connectivity index (χ0) is 15.0. The van der Waals surface area contributed by atoms with Gasteiger partial charge in [0.2, 0.25) is 0 Å². The fourth-order valence-electron chi connectivity index (χ4n) is 2.09. The molecule has 0 unspecified atom stereocenters. The van der Waals surface area contributed by atoms with Crippen molar-refractivity contribution in [2.75, 3.05) is 40.3 Å². The second-order valence-corrected chi connectivity index (χ2v) is 6.50. The third-order valence-electron chi connectivity index (χ3n) is 3.19. The maximum absolute atomic E-state index is 5.92. The first-order valence-electron chi connectivity index (χ1n) is 7.49. The van der Waals surface area contributed by atoms with Gasteiger partial charge in [0.05, 0.1) is 0 Å². The van der Waals surface area contributed by atoms with E-state index in [2.05, 4.69) is 63.3 Å². The third kappa shape index (κ3) is 6.40. The number of hydrogen-bond donors (Lipinski definition) is 1. The van der Waals surface area contributed by atoms with Crippen LogP contribution in [0.5, 0.6) is 5.75 Å². The Morgan fingerprint density at radius 2 is 1.80 bits per heavy atom. The summed E-state index contributed by atoms with van der Waals surface area (Å²) < 4.78 is 5.92. The van der Waals surface area contributed by atoms with Gasteiger partial charge >= 0.3 is 0 Å². The van der Waals surface area contributed by atoms with Gasteiger partial charge < -0.3 is 15.0 Å². The minimum absolute atomic E-state index is 0.121. The quantitative estimate of drug-likeness (QED) is 0.740. The molecule has 0 saturated heterocycles. The molecule has 0 fully saturated rings. The first-order chi connectivity index (χ1) is 9.41. The van der Waals surface area contributed by atoms with E-state index in [4.69, 9.17) is 4.74 Å². The fraction of sp³-hybridized carbons (Fsp3) is 0.647. The highest BCUT2D eigenvalue weighted by molar-refractivity contribution is 5.38. The number of nitrogens with one attached hydrogen (secondary N) is 1. The maximum Gasteiger partial charge on any atom is 0.123 e. The van der Waals surface area contributed by atoms with Crippen LogP contribution in [0.25, 0.3) is 0 Å². The van der Waals surface area contributed by atoms with E-state index in [1.165, 1.54) is 12.0 Å². The average molecular weight is 278 g/mol. The molecule has 0 bridgehead atoms. The molecular weight excluding hydrogens is 248 g/mol. The lowest BCUT2D eigenvalue weighted by Crippen LogP contribution is -2.25. The standard InChI is InChI=1S/C17H30N2O/c1-17(2,3)15-9-6-7-10-16(15)20-14-12-18-11-8-13-19(4)5/h6-7,9-10,18H,8,11-14H2,1-5H3. The lowest BCUT2D eigenvalue weighted by atomic mass is 9.86. The molecule has 0 aromatic heterocycles. The number of benzene rings is 1. The van der Waals surface area contributed by atoms with Gasteiger partial charge in [0.25, 0.3) is 0 Å². The minimum Gasteiger partial charge on any atom is -0.492 e. The molecule has 3 heteroatoms. The lowest BCUT2D eigenvalue weighted by Gasteiger charge is -2.22. The summed E-state index contributed by atoms with van der Waals surface area (Å²) in [4.78, 5) is 2.21. The van der Waals surface area contributed by atoms with Gasteiger partial charge in [0.15, 0.2) is 0 Å². The highest BCUT2D eigenvalue weighted by Crippen LogP contribution is 2.30. The van der Waals surface area contributed by atoms with Crippen LogP contribution in [-0.2, 0) is 5.41 Å². The molecule has 0 heterocycles. The van der Waals surface area contributed by atoms with E-state index >= 15 is 0 Å². The van der Waals surface area contributed by atoms with Crippen molar-refractivity contribution >= 4 is 0 Å². The van der Waals surface area contributed by atoms with Crippen LogP contribution in [0.3, 0.4) is 0 Å². The first-order valence-corrected chi connectivity index (χ1v) is 7.49. The monoisotopic (exact) mass is 278 g/mol. The number of hydrogen-bond acceptors (Lipinski definition) is 3. The summed E-state index contributed by atoms with van der Waals surface area (Å²) in [6.45, 7) is 10.4. The molecule has 0 spiro atoms. The smallest absolute Gasteiger partial charge is 0.123 e. The van der Waals surface area contributed by atoms with Crippen molar-refractivity contribution in [1.82, 2.24) is 10.2 Å². The van der Waals surface area contributed by atoms with E-state index in [-0.39, 0.29) is 5.41 Å². The van der Waals surface area contributed by atoms with Gasteiger partial charge in [-0.15, -0.1) is 0 Å². The number of ether oxygens (including phenoxy) is 1. The molecule has 114 valence electrons. The Bertz CT molecular complexity index is 383. The van der Waals surface area contributed by atoms with E-state index in [0.717, 1.165) is 32.0 Å². The molecule has 0 aliphatic rings. The van der Waals surface area contributed by atoms with Gasteiger partial charge in [-0.1, -0.05) is 39.0 Å². The van der Waals surface area contributed by atoms with Crippen LogP contribution in [0.15, 0.2) is 24.3 Å². The van der Waals surface area contributed by atoms with Gasteiger partial charge in [-0.25, -0.2) is 0 Å². The highest BCUT2D eigenvalue weighted by atomic mass is 16.5. The second kappa shape index (κ2) is 8.28. The molecule has 1 aromatic carbocycles. The van der Waals surface area contributed by atoms with Crippen molar-refractivity contribution in [2.24, 2.45) is 0 Å². The fourth-order valence-corrected chi connectivity index (χ4v) is 2.09. The summed E-state index contributed by atoms with van der Waals surface area (Å²) in [5, 5.41) is 3.42. The molecule has 0 aliphatic carbocycles. The first kappa shape index (κ1) is 17.0. The molecule has 1 N–H and O–H groups in total. The van der Waals surface area contributed by atoms with Crippen LogP contribution < -0.4 is 10.1 Å². The predicted molar refractivity (Wildman–Crippen MR) is 86.7 cm³/mol. The molecule has 3 nitrogen and oxygen atoms in total. The molecular formula is C17H30N2O. The van der Waals surface area contributed by atoms with Crippen molar-refractivity contribution in [2.45, 2.75) is 32.6 Å². The number of nitrogens with zero attached hydrogens (tertiary/aromatic N) is 1. The zero-order valence-corrected chi connectivity index (χ0v) is 13.7. The van der Waals surface area contributed by atoms with E-state index in [0.29, 0.717) is 0 Å². The molecule has 1 rings (SSSR count). The topological polar surface area (TPSA) is 24.5 Å². The van der Waals surface area contributed by atoms with Crippen LogP contribution in [0.1, 0.15) is 32.8 Å². The van der Waals surface area contributed by atoms with Gasteiger partial charge in [-0.2, -0.15) is 0 Å². The highest BCUT2D eigenvalue weighted by Gasteiger charge is 2.17. The number of para-hydroxylation sites is 1. The van der Waals surface area contributed by atoms with Crippen LogP contribution in [0.4, 0.5) is 0 Å². The van der Waals surface area contributed by atoms with E-state index in [9.17, 15) is 0 Å². The van der Waals surface area contributed by atoms with Gasteiger partial charge in [-0.3, -0.25) is 0 Å². The summed E-state index contributed by atoms with van der Waals surface area (Å²) in [6.07, 6.45) is 1.17. The summed E-state index contributed by atoms with van der Waals surface area (Å²) in [6, 6.07) is 8.33. The molecule has 0 radical (unpaired) electrons. The lowest BCUT2D eigenvalue weighted by molar-refractivity contribution is 0.303. The molecule has 1 aromatic rings. The van der Waals surface area contributed by atoms with Crippen molar-refractivity contribution < 1.29 is 4.74 Å². The Balaban J connectivity index is 2.29. The summed E-state index contributed by atoms with van der Waals surface area (Å²) in [7, 11) is 4.21. The van der Waals surface area contributed by atoms with Gasteiger partial charge in [0.1, 0.15) is 12.4 Å². The average Bonchev–Trinajstić information content (AvgIpc) is 2.36. The maximum atomic E-state index is 5.92. The van der Waals surface area contributed by atoms with E-state index in [1.807, 2.05) is 6.07 Å². The molecule has 0 amide bonds.